The van der Waals surface area contributed by atoms with Gasteiger partial charge in [-0.2, -0.15) is 0 Å². The number of aromatic nitrogens is 2. The fourth-order valence-electron chi connectivity index (χ4n) is 3.69. The second kappa shape index (κ2) is 10.8. The first-order chi connectivity index (χ1) is 15.6. The van der Waals surface area contributed by atoms with Crippen molar-refractivity contribution in [3.05, 3.63) is 58.8 Å². The number of benzene rings is 1. The Kier molecular flexibility index (Phi) is 7.62. The number of thioether (sulfide) groups is 1. The van der Waals surface area contributed by atoms with Crippen molar-refractivity contribution in [2.45, 2.75) is 24.7 Å². The molecule has 0 aliphatic carbocycles. The summed E-state index contributed by atoms with van der Waals surface area (Å²) in [6, 6.07) is 11.0. The van der Waals surface area contributed by atoms with Gasteiger partial charge < -0.3 is 14.1 Å². The summed E-state index contributed by atoms with van der Waals surface area (Å²) in [4.78, 5) is 34.5. The Hall–Kier alpha value is -2.62. The lowest BCUT2D eigenvalue weighted by Crippen LogP contribution is -2.37. The van der Waals surface area contributed by atoms with Gasteiger partial charge in [-0.3, -0.25) is 19.1 Å². The van der Waals surface area contributed by atoms with Crippen molar-refractivity contribution in [3.63, 3.8) is 0 Å². The van der Waals surface area contributed by atoms with Crippen LogP contribution in [0.15, 0.2) is 57.0 Å². The van der Waals surface area contributed by atoms with Crippen molar-refractivity contribution >= 4 is 28.6 Å². The van der Waals surface area contributed by atoms with Gasteiger partial charge in [0.2, 0.25) is 5.91 Å². The molecule has 0 radical (unpaired) electrons. The Bertz CT molecular complexity index is 1090. The Morgan fingerprint density at radius 1 is 1.16 bits per heavy atom. The number of para-hydroxylation sites is 1. The van der Waals surface area contributed by atoms with Crippen LogP contribution in [0.3, 0.4) is 0 Å². The zero-order valence-corrected chi connectivity index (χ0v) is 19.1. The predicted octanol–water partition coefficient (Wildman–Crippen LogP) is 2.46. The van der Waals surface area contributed by atoms with E-state index >= 15 is 0 Å². The molecule has 170 valence electrons. The number of rotatable bonds is 9. The highest BCUT2D eigenvalue weighted by Crippen LogP contribution is 2.19. The molecule has 8 nitrogen and oxygen atoms in total. The summed E-state index contributed by atoms with van der Waals surface area (Å²) in [6.07, 6.45) is 2.43. The van der Waals surface area contributed by atoms with Crippen molar-refractivity contribution in [2.24, 2.45) is 0 Å². The summed E-state index contributed by atoms with van der Waals surface area (Å²) >= 11 is 1.31. The van der Waals surface area contributed by atoms with Crippen LogP contribution in [0.4, 0.5) is 0 Å². The molecule has 0 unspecified atom stereocenters. The first-order valence-electron chi connectivity index (χ1n) is 10.8. The molecule has 2 aromatic heterocycles. The molecule has 1 fully saturated rings. The van der Waals surface area contributed by atoms with Gasteiger partial charge in [0, 0.05) is 33.2 Å². The third kappa shape index (κ3) is 5.59. The molecule has 4 rings (SSSR count). The Labute approximate surface area is 191 Å². The van der Waals surface area contributed by atoms with Crippen LogP contribution in [0.25, 0.3) is 10.9 Å². The van der Waals surface area contributed by atoms with E-state index < -0.39 is 0 Å². The van der Waals surface area contributed by atoms with Gasteiger partial charge in [0.15, 0.2) is 5.16 Å². The SMILES string of the molecule is CN(Cc1ccco1)C(=O)CSc1nc2ccccc2c(=O)n1CCCN1CCOCC1. The van der Waals surface area contributed by atoms with E-state index in [4.69, 9.17) is 14.1 Å². The molecule has 1 aromatic carbocycles. The molecule has 1 aliphatic heterocycles. The molecule has 0 atom stereocenters. The van der Waals surface area contributed by atoms with Crippen LogP contribution in [-0.2, 0) is 22.6 Å². The van der Waals surface area contributed by atoms with Crippen LogP contribution < -0.4 is 5.56 Å². The third-order valence-corrected chi connectivity index (χ3v) is 6.47. The molecule has 32 heavy (non-hydrogen) atoms. The van der Waals surface area contributed by atoms with Crippen molar-refractivity contribution < 1.29 is 13.9 Å². The fourth-order valence-corrected chi connectivity index (χ4v) is 4.66. The number of hydrogen-bond acceptors (Lipinski definition) is 7. The van der Waals surface area contributed by atoms with Crippen molar-refractivity contribution in [3.8, 4) is 0 Å². The molecule has 1 aliphatic rings. The van der Waals surface area contributed by atoms with E-state index in [1.165, 1.54) is 11.8 Å². The van der Waals surface area contributed by atoms with Gasteiger partial charge in [0.05, 0.1) is 42.7 Å². The molecule has 9 heteroatoms. The van der Waals surface area contributed by atoms with Crippen molar-refractivity contribution in [1.29, 1.82) is 0 Å². The number of carbonyl (C=O) groups excluding carboxylic acids is 1. The molecule has 0 saturated carbocycles. The van der Waals surface area contributed by atoms with Gasteiger partial charge in [0.25, 0.3) is 5.56 Å². The standard InChI is InChI=1S/C23H28N4O4S/c1-25(16-18-6-4-13-31-18)21(28)17-32-23-24-20-8-3-2-7-19(20)22(29)27(23)10-5-9-26-11-14-30-15-12-26/h2-4,6-8,13H,5,9-12,14-17H2,1H3. The third-order valence-electron chi connectivity index (χ3n) is 5.51. The lowest BCUT2D eigenvalue weighted by Gasteiger charge is -2.26. The van der Waals surface area contributed by atoms with Crippen molar-refractivity contribution in [2.75, 3.05) is 45.6 Å². The van der Waals surface area contributed by atoms with Crippen LogP contribution in [0.1, 0.15) is 12.2 Å². The van der Waals surface area contributed by atoms with E-state index in [1.54, 1.807) is 34.9 Å². The second-order valence-electron chi connectivity index (χ2n) is 7.79. The first kappa shape index (κ1) is 22.6. The summed E-state index contributed by atoms with van der Waals surface area (Å²) in [5.41, 5.74) is 0.595. The highest BCUT2D eigenvalue weighted by atomic mass is 32.2. The van der Waals surface area contributed by atoms with E-state index in [2.05, 4.69) is 4.90 Å². The monoisotopic (exact) mass is 456 g/mol. The molecular formula is C23H28N4O4S. The number of furan rings is 1. The molecule has 1 saturated heterocycles. The van der Waals surface area contributed by atoms with Crippen LogP contribution in [0.2, 0.25) is 0 Å². The lowest BCUT2D eigenvalue weighted by atomic mass is 10.2. The molecule has 3 heterocycles. The molecule has 1 amide bonds. The van der Waals surface area contributed by atoms with Gasteiger partial charge >= 0.3 is 0 Å². The molecule has 0 spiro atoms. The minimum atomic E-state index is -0.0588. The molecular weight excluding hydrogens is 428 g/mol. The van der Waals surface area contributed by atoms with Crippen LogP contribution in [0.5, 0.6) is 0 Å². The number of carbonyl (C=O) groups is 1. The number of nitrogens with zero attached hydrogens (tertiary/aromatic N) is 4. The topological polar surface area (TPSA) is 80.8 Å². The fraction of sp³-hybridized carbons (Fsp3) is 0.435. The largest absolute Gasteiger partial charge is 0.467 e. The van der Waals surface area contributed by atoms with Gasteiger partial charge in [0.1, 0.15) is 5.76 Å². The lowest BCUT2D eigenvalue weighted by molar-refractivity contribution is -0.127. The number of fused-ring (bicyclic) bond motifs is 1. The second-order valence-corrected chi connectivity index (χ2v) is 8.74. The van der Waals surface area contributed by atoms with E-state index in [1.807, 2.05) is 24.3 Å². The summed E-state index contributed by atoms with van der Waals surface area (Å²) in [6.45, 7) is 5.22. The normalized spacial score (nSPS) is 14.7. The summed E-state index contributed by atoms with van der Waals surface area (Å²) in [5, 5.41) is 1.18. The average molecular weight is 457 g/mol. The zero-order chi connectivity index (χ0) is 22.3. The van der Waals surface area contributed by atoms with Gasteiger partial charge in [-0.05, 0) is 30.7 Å². The Morgan fingerprint density at radius 2 is 1.97 bits per heavy atom. The predicted molar refractivity (Wildman–Crippen MR) is 124 cm³/mol. The summed E-state index contributed by atoms with van der Waals surface area (Å²) < 4.78 is 12.4. The number of morpholine rings is 1. The highest BCUT2D eigenvalue weighted by Gasteiger charge is 2.17. The summed E-state index contributed by atoms with van der Waals surface area (Å²) in [5.74, 6) is 0.884. The van der Waals surface area contributed by atoms with Crippen LogP contribution >= 0.6 is 11.8 Å². The number of ether oxygens (including phenoxy) is 1. The smallest absolute Gasteiger partial charge is 0.262 e. The quantitative estimate of drug-likeness (QED) is 0.361. The Morgan fingerprint density at radius 3 is 2.75 bits per heavy atom. The maximum atomic E-state index is 13.2. The number of amides is 1. The van der Waals surface area contributed by atoms with Gasteiger partial charge in [-0.15, -0.1) is 0 Å². The highest BCUT2D eigenvalue weighted by molar-refractivity contribution is 7.99. The van der Waals surface area contributed by atoms with Crippen molar-refractivity contribution in [1.82, 2.24) is 19.4 Å². The van der Waals surface area contributed by atoms with E-state index in [0.29, 0.717) is 29.1 Å². The van der Waals surface area contributed by atoms with E-state index in [0.717, 1.165) is 45.0 Å². The van der Waals surface area contributed by atoms with Crippen LogP contribution in [-0.4, -0.2) is 70.9 Å². The number of hydrogen-bond donors (Lipinski definition) is 0. The molecule has 0 N–H and O–H groups in total. The maximum Gasteiger partial charge on any atom is 0.262 e. The minimum absolute atomic E-state index is 0.0475. The van der Waals surface area contributed by atoms with Gasteiger partial charge in [-0.25, -0.2) is 4.98 Å². The van der Waals surface area contributed by atoms with Gasteiger partial charge in [-0.1, -0.05) is 23.9 Å². The van der Waals surface area contributed by atoms with Crippen LogP contribution in [0, 0.1) is 0 Å². The first-order valence-corrected chi connectivity index (χ1v) is 11.8. The maximum absolute atomic E-state index is 13.2. The molecule has 0 bridgehead atoms. The van der Waals surface area contributed by atoms with E-state index in [-0.39, 0.29) is 17.2 Å². The molecule has 3 aromatic rings. The average Bonchev–Trinajstić information content (AvgIpc) is 3.33. The Balaban J connectivity index is 1.46. The minimum Gasteiger partial charge on any atom is -0.467 e. The van der Waals surface area contributed by atoms with E-state index in [9.17, 15) is 9.59 Å². The summed E-state index contributed by atoms with van der Waals surface area (Å²) in [7, 11) is 1.74. The zero-order valence-electron chi connectivity index (χ0n) is 18.2.